The van der Waals surface area contributed by atoms with Crippen molar-refractivity contribution < 1.29 is 8.78 Å². The standard InChI is InChI=1S/C16H15Br2F2N/c1-2-21-15(10-3-5-11(17)6-4-10)9-12-14(19)8-7-13(18)16(12)20/h3-8,15,21H,2,9H2,1H3. The van der Waals surface area contributed by atoms with Gasteiger partial charge in [-0.15, -0.1) is 0 Å². The second-order valence-electron chi connectivity index (χ2n) is 4.69. The molecule has 2 rings (SSSR count). The summed E-state index contributed by atoms with van der Waals surface area (Å²) in [6, 6.07) is 10.3. The molecule has 2 aromatic carbocycles. The lowest BCUT2D eigenvalue weighted by atomic mass is 9.98. The highest BCUT2D eigenvalue weighted by Gasteiger charge is 2.18. The first kappa shape index (κ1) is 16.6. The van der Waals surface area contributed by atoms with Crippen LogP contribution in [0.5, 0.6) is 0 Å². The molecule has 0 saturated heterocycles. The lowest BCUT2D eigenvalue weighted by molar-refractivity contribution is 0.497. The van der Waals surface area contributed by atoms with E-state index in [1.165, 1.54) is 12.1 Å². The van der Waals surface area contributed by atoms with Crippen molar-refractivity contribution in [3.05, 3.63) is 68.1 Å². The minimum atomic E-state index is -0.532. The van der Waals surface area contributed by atoms with Crippen LogP contribution in [0.2, 0.25) is 0 Å². The Labute approximate surface area is 140 Å². The summed E-state index contributed by atoms with van der Waals surface area (Å²) in [6.45, 7) is 2.69. The first-order valence-corrected chi connectivity index (χ1v) is 8.22. The Hall–Kier alpha value is -0.780. The van der Waals surface area contributed by atoms with Crippen molar-refractivity contribution >= 4 is 31.9 Å². The van der Waals surface area contributed by atoms with Gasteiger partial charge in [0.25, 0.3) is 0 Å². The summed E-state index contributed by atoms with van der Waals surface area (Å²) in [5.74, 6) is -1.05. The van der Waals surface area contributed by atoms with Crippen LogP contribution < -0.4 is 5.32 Å². The Bertz CT molecular complexity index is 614. The second kappa shape index (κ2) is 7.47. The fraction of sp³-hybridized carbons (Fsp3) is 0.250. The molecule has 0 aliphatic heterocycles. The van der Waals surface area contributed by atoms with E-state index in [1.54, 1.807) is 0 Å². The van der Waals surface area contributed by atoms with Crippen molar-refractivity contribution in [1.29, 1.82) is 0 Å². The Morgan fingerprint density at radius 2 is 1.71 bits per heavy atom. The molecule has 21 heavy (non-hydrogen) atoms. The molecule has 5 heteroatoms. The van der Waals surface area contributed by atoms with E-state index >= 15 is 0 Å². The van der Waals surface area contributed by atoms with Crippen LogP contribution in [0.1, 0.15) is 24.1 Å². The van der Waals surface area contributed by atoms with Gasteiger partial charge in [0.2, 0.25) is 0 Å². The van der Waals surface area contributed by atoms with Crippen LogP contribution in [0.15, 0.2) is 45.3 Å². The summed E-state index contributed by atoms with van der Waals surface area (Å²) in [5, 5.41) is 3.28. The maximum atomic E-state index is 14.1. The average Bonchev–Trinajstić information content (AvgIpc) is 2.47. The zero-order valence-electron chi connectivity index (χ0n) is 11.5. The van der Waals surface area contributed by atoms with Gasteiger partial charge in [-0.2, -0.15) is 0 Å². The van der Waals surface area contributed by atoms with Crippen molar-refractivity contribution in [3.8, 4) is 0 Å². The van der Waals surface area contributed by atoms with Crippen LogP contribution in [0, 0.1) is 11.6 Å². The maximum absolute atomic E-state index is 14.1. The van der Waals surface area contributed by atoms with Gasteiger partial charge in [0.05, 0.1) is 4.47 Å². The summed E-state index contributed by atoms with van der Waals surface area (Å²) in [4.78, 5) is 0. The summed E-state index contributed by atoms with van der Waals surface area (Å²) >= 11 is 6.49. The van der Waals surface area contributed by atoms with Crippen molar-refractivity contribution in [1.82, 2.24) is 5.32 Å². The highest BCUT2D eigenvalue weighted by atomic mass is 79.9. The molecule has 0 amide bonds. The molecule has 1 unspecified atom stereocenters. The minimum Gasteiger partial charge on any atom is -0.310 e. The molecule has 0 radical (unpaired) electrons. The fourth-order valence-electron chi connectivity index (χ4n) is 2.21. The molecule has 1 atom stereocenters. The van der Waals surface area contributed by atoms with Gasteiger partial charge in [-0.1, -0.05) is 35.0 Å². The molecular weight excluding hydrogens is 404 g/mol. The summed E-state index contributed by atoms with van der Waals surface area (Å²) < 4.78 is 29.3. The smallest absolute Gasteiger partial charge is 0.143 e. The Morgan fingerprint density at radius 1 is 1.05 bits per heavy atom. The monoisotopic (exact) mass is 417 g/mol. The van der Waals surface area contributed by atoms with E-state index in [0.717, 1.165) is 16.6 Å². The molecule has 2 aromatic rings. The Morgan fingerprint density at radius 3 is 2.33 bits per heavy atom. The number of hydrogen-bond donors (Lipinski definition) is 1. The van der Waals surface area contributed by atoms with E-state index in [2.05, 4.69) is 37.2 Å². The number of nitrogens with one attached hydrogen (secondary N) is 1. The van der Waals surface area contributed by atoms with Crippen LogP contribution in [-0.4, -0.2) is 6.54 Å². The van der Waals surface area contributed by atoms with E-state index in [-0.39, 0.29) is 22.5 Å². The van der Waals surface area contributed by atoms with Crippen molar-refractivity contribution in [2.75, 3.05) is 6.54 Å². The highest BCUT2D eigenvalue weighted by Crippen LogP contribution is 2.27. The number of hydrogen-bond acceptors (Lipinski definition) is 1. The van der Waals surface area contributed by atoms with Gasteiger partial charge in [-0.25, -0.2) is 8.78 Å². The molecular formula is C16H15Br2F2N. The van der Waals surface area contributed by atoms with E-state index in [4.69, 9.17) is 0 Å². The zero-order valence-corrected chi connectivity index (χ0v) is 14.6. The van der Waals surface area contributed by atoms with Gasteiger partial charge in [0, 0.05) is 16.1 Å². The van der Waals surface area contributed by atoms with Crippen molar-refractivity contribution in [2.45, 2.75) is 19.4 Å². The minimum absolute atomic E-state index is 0.0956. The van der Waals surface area contributed by atoms with Gasteiger partial charge in [-0.05, 0) is 58.7 Å². The van der Waals surface area contributed by atoms with Gasteiger partial charge >= 0.3 is 0 Å². The fourth-order valence-corrected chi connectivity index (χ4v) is 2.85. The van der Waals surface area contributed by atoms with Gasteiger partial charge in [-0.3, -0.25) is 0 Å². The number of benzene rings is 2. The van der Waals surface area contributed by atoms with Crippen LogP contribution >= 0.6 is 31.9 Å². The third-order valence-corrected chi connectivity index (χ3v) is 4.41. The van der Waals surface area contributed by atoms with E-state index in [9.17, 15) is 8.78 Å². The zero-order chi connectivity index (χ0) is 15.4. The second-order valence-corrected chi connectivity index (χ2v) is 6.46. The molecule has 0 saturated carbocycles. The first-order valence-electron chi connectivity index (χ1n) is 6.64. The third kappa shape index (κ3) is 4.11. The number of halogens is 4. The van der Waals surface area contributed by atoms with Gasteiger partial charge < -0.3 is 5.32 Å². The van der Waals surface area contributed by atoms with Gasteiger partial charge in [0.15, 0.2) is 0 Å². The predicted molar refractivity (Wildman–Crippen MR) is 88.3 cm³/mol. The quantitative estimate of drug-likeness (QED) is 0.642. The first-order chi connectivity index (χ1) is 10.0. The average molecular weight is 419 g/mol. The number of likely N-dealkylation sites (N-methyl/N-ethyl adjacent to an activating group) is 1. The van der Waals surface area contributed by atoms with E-state index < -0.39 is 11.6 Å². The Balaban J connectivity index is 2.32. The van der Waals surface area contributed by atoms with Crippen LogP contribution in [0.3, 0.4) is 0 Å². The SMILES string of the molecule is CCNC(Cc1c(F)ccc(Br)c1F)c1ccc(Br)cc1. The van der Waals surface area contributed by atoms with Crippen molar-refractivity contribution in [2.24, 2.45) is 0 Å². The van der Waals surface area contributed by atoms with Gasteiger partial charge in [0.1, 0.15) is 11.6 Å². The molecule has 0 spiro atoms. The predicted octanol–water partition coefficient (Wildman–Crippen LogP) is 5.38. The van der Waals surface area contributed by atoms with Crippen LogP contribution in [0.25, 0.3) is 0 Å². The molecule has 0 bridgehead atoms. The maximum Gasteiger partial charge on any atom is 0.143 e. The van der Waals surface area contributed by atoms with Crippen molar-refractivity contribution in [3.63, 3.8) is 0 Å². The largest absolute Gasteiger partial charge is 0.310 e. The third-order valence-electron chi connectivity index (χ3n) is 3.27. The molecule has 1 nitrogen and oxygen atoms in total. The topological polar surface area (TPSA) is 12.0 Å². The molecule has 1 N–H and O–H groups in total. The lowest BCUT2D eigenvalue weighted by Crippen LogP contribution is -2.23. The van der Waals surface area contributed by atoms with Crippen LogP contribution in [-0.2, 0) is 6.42 Å². The normalized spacial score (nSPS) is 12.4. The molecule has 0 fully saturated rings. The summed E-state index contributed by atoms with van der Waals surface area (Å²) in [6.07, 6.45) is 0.257. The summed E-state index contributed by atoms with van der Waals surface area (Å²) in [5.41, 5.74) is 1.09. The number of rotatable bonds is 5. The van der Waals surface area contributed by atoms with E-state index in [0.29, 0.717) is 0 Å². The molecule has 0 aliphatic rings. The molecule has 0 aromatic heterocycles. The lowest BCUT2D eigenvalue weighted by Gasteiger charge is -2.19. The highest BCUT2D eigenvalue weighted by molar-refractivity contribution is 9.10. The summed E-state index contributed by atoms with van der Waals surface area (Å²) in [7, 11) is 0. The molecule has 112 valence electrons. The van der Waals surface area contributed by atoms with E-state index in [1.807, 2.05) is 31.2 Å². The Kier molecular flexibility index (Phi) is 5.90. The molecule has 0 aliphatic carbocycles. The van der Waals surface area contributed by atoms with Crippen LogP contribution in [0.4, 0.5) is 8.78 Å². The molecule has 0 heterocycles.